The fourth-order valence-corrected chi connectivity index (χ4v) is 4.28. The van der Waals surface area contributed by atoms with Gasteiger partial charge in [-0.25, -0.2) is 9.97 Å². The van der Waals surface area contributed by atoms with Gasteiger partial charge in [0.15, 0.2) is 6.29 Å². The molecule has 2 aromatic carbocycles. The smallest absolute Gasteiger partial charge is 0.199 e. The van der Waals surface area contributed by atoms with Crippen molar-refractivity contribution >= 4 is 0 Å². The molecule has 186 valence electrons. The van der Waals surface area contributed by atoms with Gasteiger partial charge in [0.1, 0.15) is 11.6 Å². The molecule has 2 atom stereocenters. The monoisotopic (exact) mass is 474 g/mol. The summed E-state index contributed by atoms with van der Waals surface area (Å²) in [6, 6.07) is 18.5. The Morgan fingerprint density at radius 3 is 2.40 bits per heavy atom. The van der Waals surface area contributed by atoms with Crippen LogP contribution in [0.1, 0.15) is 69.7 Å². The minimum atomic E-state index is -0.117. The lowest BCUT2D eigenvalue weighted by molar-refractivity contribution is -0.105. The van der Waals surface area contributed by atoms with Crippen LogP contribution >= 0.6 is 0 Å². The Kier molecular flexibility index (Phi) is 10.1. The molecule has 0 saturated carbocycles. The molecular formula is C30H38N2O3. The molecule has 2 heterocycles. The second-order valence-corrected chi connectivity index (χ2v) is 9.39. The molecule has 0 spiro atoms. The first-order chi connectivity index (χ1) is 17.3. The van der Waals surface area contributed by atoms with E-state index in [1.165, 1.54) is 24.8 Å². The third kappa shape index (κ3) is 8.75. The number of aromatic nitrogens is 2. The lowest BCUT2D eigenvalue weighted by Crippen LogP contribution is -2.24. The van der Waals surface area contributed by atoms with Crippen molar-refractivity contribution in [3.05, 3.63) is 78.4 Å². The summed E-state index contributed by atoms with van der Waals surface area (Å²) in [6.07, 6.45) is 14.0. The van der Waals surface area contributed by atoms with Crippen molar-refractivity contribution in [2.45, 2.75) is 83.7 Å². The minimum Gasteiger partial charge on any atom is -0.465 e. The maximum Gasteiger partial charge on any atom is 0.199 e. The van der Waals surface area contributed by atoms with Crippen LogP contribution in [0.4, 0.5) is 0 Å². The Labute approximate surface area is 209 Å². The van der Waals surface area contributed by atoms with Gasteiger partial charge in [0, 0.05) is 30.8 Å². The molecule has 0 radical (unpaired) electrons. The summed E-state index contributed by atoms with van der Waals surface area (Å²) in [6.45, 7) is 3.66. The molecule has 3 aromatic rings. The quantitative estimate of drug-likeness (QED) is 0.246. The van der Waals surface area contributed by atoms with Crippen LogP contribution in [0.3, 0.4) is 0 Å². The molecule has 5 heteroatoms. The van der Waals surface area contributed by atoms with Crippen molar-refractivity contribution in [3.63, 3.8) is 0 Å². The van der Waals surface area contributed by atoms with Crippen LogP contribution < -0.4 is 4.74 Å². The van der Waals surface area contributed by atoms with Crippen LogP contribution in [0.2, 0.25) is 0 Å². The summed E-state index contributed by atoms with van der Waals surface area (Å²) in [5.41, 5.74) is 3.36. The van der Waals surface area contributed by atoms with E-state index in [1.807, 2.05) is 30.6 Å². The van der Waals surface area contributed by atoms with Gasteiger partial charge in [0.2, 0.25) is 0 Å². The summed E-state index contributed by atoms with van der Waals surface area (Å²) in [5.74, 6) is 1.76. The van der Waals surface area contributed by atoms with Gasteiger partial charge in [-0.1, -0.05) is 61.7 Å². The Balaban J connectivity index is 1.10. The first kappa shape index (κ1) is 25.3. The Morgan fingerprint density at radius 2 is 1.66 bits per heavy atom. The number of rotatable bonds is 13. The second-order valence-electron chi connectivity index (χ2n) is 9.39. The number of ether oxygens (including phenoxy) is 3. The fourth-order valence-electron chi connectivity index (χ4n) is 4.28. The average Bonchev–Trinajstić information content (AvgIpc) is 2.91. The highest BCUT2D eigenvalue weighted by Gasteiger charge is 2.15. The van der Waals surface area contributed by atoms with Gasteiger partial charge >= 0.3 is 0 Å². The van der Waals surface area contributed by atoms with Gasteiger partial charge < -0.3 is 14.2 Å². The van der Waals surface area contributed by atoms with E-state index in [2.05, 4.69) is 53.3 Å². The third-order valence-electron chi connectivity index (χ3n) is 6.44. The molecule has 1 saturated heterocycles. The van der Waals surface area contributed by atoms with Gasteiger partial charge in [-0.15, -0.1) is 0 Å². The van der Waals surface area contributed by atoms with Gasteiger partial charge in [-0.05, 0) is 55.9 Å². The zero-order valence-corrected chi connectivity index (χ0v) is 20.9. The maximum absolute atomic E-state index is 5.96. The average molecular weight is 475 g/mol. The number of hydrogen-bond acceptors (Lipinski definition) is 5. The van der Waals surface area contributed by atoms with E-state index in [-0.39, 0.29) is 6.29 Å². The largest absolute Gasteiger partial charge is 0.465 e. The Bertz CT molecular complexity index is 971. The van der Waals surface area contributed by atoms with Crippen molar-refractivity contribution < 1.29 is 14.2 Å². The van der Waals surface area contributed by atoms with Crippen LogP contribution in [0.15, 0.2) is 67.0 Å². The molecule has 5 nitrogen and oxygen atoms in total. The van der Waals surface area contributed by atoms with E-state index in [9.17, 15) is 0 Å². The molecule has 1 aromatic heterocycles. The molecule has 4 rings (SSSR count). The lowest BCUT2D eigenvalue weighted by atomic mass is 10.1. The second kappa shape index (κ2) is 14.0. The third-order valence-corrected chi connectivity index (χ3v) is 6.44. The zero-order chi connectivity index (χ0) is 24.1. The first-order valence-electron chi connectivity index (χ1n) is 13.1. The minimum absolute atomic E-state index is 0.117. The van der Waals surface area contributed by atoms with Crippen LogP contribution in [0.5, 0.6) is 5.75 Å². The van der Waals surface area contributed by atoms with Crippen LogP contribution in [-0.2, 0) is 22.5 Å². The van der Waals surface area contributed by atoms with Crippen molar-refractivity contribution in [3.8, 4) is 16.9 Å². The molecule has 0 bridgehead atoms. The molecule has 0 amide bonds. The lowest BCUT2D eigenvalue weighted by Gasteiger charge is -2.23. The number of nitrogens with zero attached hydrogens (tertiary/aromatic N) is 2. The van der Waals surface area contributed by atoms with Crippen molar-refractivity contribution in [1.29, 1.82) is 0 Å². The molecule has 1 aliphatic heterocycles. The van der Waals surface area contributed by atoms with Crippen LogP contribution in [-0.4, -0.2) is 29.0 Å². The summed E-state index contributed by atoms with van der Waals surface area (Å²) >= 11 is 0. The molecule has 0 aliphatic carbocycles. The van der Waals surface area contributed by atoms with E-state index in [0.717, 1.165) is 67.8 Å². The standard InChI is InChI=1S/C30H38N2O3/c1-24(34-23-25-12-6-4-7-13-25)11-5-2-3-8-14-29-31-21-27(22-32-29)26-16-18-28(19-17-26)35-30-15-9-10-20-33-30/h4,6-7,12-13,16-19,21-22,24,30H,2-3,5,8-11,14-15,20,23H2,1H3. The first-order valence-corrected chi connectivity index (χ1v) is 13.1. The Morgan fingerprint density at radius 1 is 0.886 bits per heavy atom. The summed E-state index contributed by atoms with van der Waals surface area (Å²) < 4.78 is 17.5. The summed E-state index contributed by atoms with van der Waals surface area (Å²) in [4.78, 5) is 9.18. The number of benzene rings is 2. The highest BCUT2D eigenvalue weighted by molar-refractivity contribution is 5.62. The van der Waals surface area contributed by atoms with E-state index in [4.69, 9.17) is 14.2 Å². The van der Waals surface area contributed by atoms with E-state index in [0.29, 0.717) is 12.7 Å². The Hall–Kier alpha value is -2.76. The molecule has 35 heavy (non-hydrogen) atoms. The normalized spacial score (nSPS) is 16.7. The number of unbranched alkanes of at least 4 members (excludes halogenated alkanes) is 3. The van der Waals surface area contributed by atoms with E-state index < -0.39 is 0 Å². The molecule has 0 N–H and O–H groups in total. The molecule has 2 unspecified atom stereocenters. The summed E-state index contributed by atoms with van der Waals surface area (Å²) in [5, 5.41) is 0. The van der Waals surface area contributed by atoms with Gasteiger partial charge in [0.25, 0.3) is 0 Å². The van der Waals surface area contributed by atoms with E-state index >= 15 is 0 Å². The SMILES string of the molecule is CC(CCCCCCc1ncc(-c2ccc(OC3CCCCO3)cc2)cn1)OCc1ccccc1. The van der Waals surface area contributed by atoms with Crippen molar-refractivity contribution in [1.82, 2.24) is 9.97 Å². The van der Waals surface area contributed by atoms with Crippen molar-refractivity contribution in [2.24, 2.45) is 0 Å². The highest BCUT2D eigenvalue weighted by Crippen LogP contribution is 2.24. The topological polar surface area (TPSA) is 53.5 Å². The molecular weight excluding hydrogens is 436 g/mol. The highest BCUT2D eigenvalue weighted by atomic mass is 16.7. The summed E-state index contributed by atoms with van der Waals surface area (Å²) in [7, 11) is 0. The molecule has 1 fully saturated rings. The number of aryl methyl sites for hydroxylation is 1. The fraction of sp³-hybridized carbons (Fsp3) is 0.467. The van der Waals surface area contributed by atoms with E-state index in [1.54, 1.807) is 0 Å². The van der Waals surface area contributed by atoms with Crippen LogP contribution in [0, 0.1) is 0 Å². The van der Waals surface area contributed by atoms with Gasteiger partial charge in [0.05, 0.1) is 19.3 Å². The number of hydrogen-bond donors (Lipinski definition) is 0. The van der Waals surface area contributed by atoms with Crippen LogP contribution in [0.25, 0.3) is 11.1 Å². The van der Waals surface area contributed by atoms with Gasteiger partial charge in [-0.3, -0.25) is 0 Å². The predicted molar refractivity (Wildman–Crippen MR) is 139 cm³/mol. The predicted octanol–water partition coefficient (Wildman–Crippen LogP) is 7.15. The van der Waals surface area contributed by atoms with Crippen molar-refractivity contribution in [2.75, 3.05) is 6.61 Å². The molecule has 1 aliphatic rings. The van der Waals surface area contributed by atoms with Gasteiger partial charge in [-0.2, -0.15) is 0 Å². The maximum atomic E-state index is 5.96. The zero-order valence-electron chi connectivity index (χ0n) is 20.9.